The van der Waals surface area contributed by atoms with E-state index in [4.69, 9.17) is 5.84 Å². The van der Waals surface area contributed by atoms with Crippen LogP contribution >= 0.6 is 0 Å². The zero-order valence-corrected chi connectivity index (χ0v) is 8.37. The van der Waals surface area contributed by atoms with E-state index in [2.05, 4.69) is 14.9 Å². The van der Waals surface area contributed by atoms with Gasteiger partial charge in [-0.25, -0.2) is 4.79 Å². The van der Waals surface area contributed by atoms with Gasteiger partial charge in [0, 0.05) is 0 Å². The van der Waals surface area contributed by atoms with Crippen LogP contribution in [0.5, 0.6) is 5.75 Å². The van der Waals surface area contributed by atoms with Crippen LogP contribution < -0.4 is 16.0 Å². The van der Waals surface area contributed by atoms with Crippen molar-refractivity contribution in [2.45, 2.75) is 6.61 Å². The molecule has 0 fully saturated rings. The van der Waals surface area contributed by atoms with E-state index < -0.39 is 12.6 Å². The van der Waals surface area contributed by atoms with Crippen molar-refractivity contribution in [1.29, 1.82) is 0 Å². The molecule has 1 aromatic carbocycles. The number of esters is 1. The number of hydrogen-bond acceptors (Lipinski definition) is 5. The third-order valence-corrected chi connectivity index (χ3v) is 1.78. The topological polar surface area (TPSA) is 73.6 Å². The highest BCUT2D eigenvalue weighted by Crippen LogP contribution is 2.30. The molecule has 0 aliphatic carbocycles. The van der Waals surface area contributed by atoms with E-state index in [0.29, 0.717) is 0 Å². The van der Waals surface area contributed by atoms with E-state index in [-0.39, 0.29) is 17.0 Å². The van der Waals surface area contributed by atoms with Crippen LogP contribution in [-0.2, 0) is 4.74 Å². The Balaban J connectivity index is 3.20. The van der Waals surface area contributed by atoms with Crippen LogP contribution in [0.2, 0.25) is 0 Å². The zero-order chi connectivity index (χ0) is 12.1. The van der Waals surface area contributed by atoms with Gasteiger partial charge in [-0.3, -0.25) is 5.84 Å². The number of hydrogen-bond donors (Lipinski definition) is 2. The van der Waals surface area contributed by atoms with Gasteiger partial charge in [-0.2, -0.15) is 8.78 Å². The molecule has 0 aliphatic heterocycles. The summed E-state index contributed by atoms with van der Waals surface area (Å²) in [6, 6.07) is 4.15. The van der Waals surface area contributed by atoms with E-state index in [0.717, 1.165) is 7.11 Å². The highest BCUT2D eigenvalue weighted by atomic mass is 19.3. The molecular weight excluding hydrogens is 222 g/mol. The molecule has 16 heavy (non-hydrogen) atoms. The van der Waals surface area contributed by atoms with Crippen LogP contribution in [0.15, 0.2) is 18.2 Å². The van der Waals surface area contributed by atoms with Gasteiger partial charge >= 0.3 is 12.6 Å². The number of benzene rings is 1. The molecule has 0 spiro atoms. The number of rotatable bonds is 4. The quantitative estimate of drug-likeness (QED) is 0.466. The summed E-state index contributed by atoms with van der Waals surface area (Å²) in [6.07, 6.45) is 0. The van der Waals surface area contributed by atoms with E-state index in [9.17, 15) is 13.6 Å². The lowest BCUT2D eigenvalue weighted by molar-refractivity contribution is -0.0499. The second-order valence-corrected chi connectivity index (χ2v) is 2.70. The molecule has 0 saturated heterocycles. The molecule has 0 radical (unpaired) electrons. The van der Waals surface area contributed by atoms with Crippen molar-refractivity contribution in [3.8, 4) is 5.75 Å². The van der Waals surface area contributed by atoms with Crippen molar-refractivity contribution >= 4 is 11.7 Å². The summed E-state index contributed by atoms with van der Waals surface area (Å²) in [5.41, 5.74) is 2.10. The van der Waals surface area contributed by atoms with Crippen molar-refractivity contribution in [3.63, 3.8) is 0 Å². The molecule has 5 nitrogen and oxygen atoms in total. The van der Waals surface area contributed by atoms with Gasteiger partial charge < -0.3 is 14.9 Å². The van der Waals surface area contributed by atoms with Gasteiger partial charge in [0.05, 0.1) is 12.8 Å². The average Bonchev–Trinajstić information content (AvgIpc) is 2.27. The monoisotopic (exact) mass is 232 g/mol. The summed E-state index contributed by atoms with van der Waals surface area (Å²) < 4.78 is 32.9. The Morgan fingerprint density at radius 1 is 1.50 bits per heavy atom. The van der Waals surface area contributed by atoms with Crippen LogP contribution in [0.25, 0.3) is 0 Å². The maximum atomic E-state index is 12.1. The lowest BCUT2D eigenvalue weighted by Crippen LogP contribution is -2.14. The second-order valence-electron chi connectivity index (χ2n) is 2.70. The Labute approximate surface area is 90.1 Å². The summed E-state index contributed by atoms with van der Waals surface area (Å²) in [7, 11) is 1.14. The van der Waals surface area contributed by atoms with Gasteiger partial charge in [0.15, 0.2) is 5.75 Å². The summed E-state index contributed by atoms with van der Waals surface area (Å²) in [5, 5.41) is 0. The first-order chi connectivity index (χ1) is 7.60. The SMILES string of the molecule is COC(=O)c1cccc(NN)c1OC(F)F. The Hall–Kier alpha value is -1.89. The molecule has 7 heteroatoms. The van der Waals surface area contributed by atoms with Crippen LogP contribution in [0.1, 0.15) is 10.4 Å². The predicted molar refractivity (Wildman–Crippen MR) is 52.2 cm³/mol. The van der Waals surface area contributed by atoms with Crippen molar-refractivity contribution in [3.05, 3.63) is 23.8 Å². The molecule has 0 unspecified atom stereocenters. The fourth-order valence-corrected chi connectivity index (χ4v) is 1.14. The Kier molecular flexibility index (Phi) is 4.01. The number of nitrogen functional groups attached to an aromatic ring is 1. The normalized spacial score (nSPS) is 10.1. The molecule has 3 N–H and O–H groups in total. The van der Waals surface area contributed by atoms with Crippen molar-refractivity contribution in [1.82, 2.24) is 0 Å². The molecule has 0 aliphatic rings. The molecule has 0 atom stereocenters. The molecule has 88 valence electrons. The zero-order valence-electron chi connectivity index (χ0n) is 8.37. The van der Waals surface area contributed by atoms with Crippen molar-refractivity contribution in [2.75, 3.05) is 12.5 Å². The predicted octanol–water partition coefficient (Wildman–Crippen LogP) is 1.36. The van der Waals surface area contributed by atoms with E-state index >= 15 is 0 Å². The first-order valence-corrected chi connectivity index (χ1v) is 4.23. The molecule has 1 aromatic rings. The highest BCUT2D eigenvalue weighted by Gasteiger charge is 2.19. The molecule has 1 rings (SSSR count). The summed E-state index contributed by atoms with van der Waals surface area (Å²) in [4.78, 5) is 11.3. The highest BCUT2D eigenvalue weighted by molar-refractivity contribution is 5.94. The van der Waals surface area contributed by atoms with Crippen LogP contribution in [-0.4, -0.2) is 19.7 Å². The first kappa shape index (κ1) is 12.2. The number of carbonyl (C=O) groups excluding carboxylic acids is 1. The minimum absolute atomic E-state index is 0.0724. The third-order valence-electron chi connectivity index (χ3n) is 1.78. The van der Waals surface area contributed by atoms with Gasteiger partial charge in [0.25, 0.3) is 0 Å². The van der Waals surface area contributed by atoms with E-state index in [1.165, 1.54) is 18.2 Å². The maximum Gasteiger partial charge on any atom is 0.387 e. The van der Waals surface area contributed by atoms with Crippen LogP contribution in [0, 0.1) is 0 Å². The number of ether oxygens (including phenoxy) is 2. The molecule has 0 saturated carbocycles. The third kappa shape index (κ3) is 2.57. The van der Waals surface area contributed by atoms with Crippen LogP contribution in [0.4, 0.5) is 14.5 Å². The van der Waals surface area contributed by atoms with E-state index in [1.54, 1.807) is 0 Å². The van der Waals surface area contributed by atoms with Gasteiger partial charge in [-0.05, 0) is 12.1 Å². The Morgan fingerprint density at radius 3 is 2.69 bits per heavy atom. The summed E-state index contributed by atoms with van der Waals surface area (Å²) in [6.45, 7) is -3.06. The van der Waals surface area contributed by atoms with Crippen molar-refractivity contribution < 1.29 is 23.0 Å². The number of hydrazine groups is 1. The number of nitrogens with one attached hydrogen (secondary N) is 1. The number of halogens is 2. The minimum atomic E-state index is -3.06. The number of anilines is 1. The van der Waals surface area contributed by atoms with Crippen molar-refractivity contribution in [2.24, 2.45) is 5.84 Å². The van der Waals surface area contributed by atoms with Crippen LogP contribution in [0.3, 0.4) is 0 Å². The summed E-state index contributed by atoms with van der Waals surface area (Å²) in [5.74, 6) is 3.98. The number of methoxy groups -OCH3 is 1. The lowest BCUT2D eigenvalue weighted by atomic mass is 10.1. The number of nitrogens with two attached hydrogens (primary N) is 1. The number of para-hydroxylation sites is 1. The molecule has 0 aromatic heterocycles. The fourth-order valence-electron chi connectivity index (χ4n) is 1.14. The number of alkyl halides is 2. The van der Waals surface area contributed by atoms with Gasteiger partial charge in [0.2, 0.25) is 0 Å². The average molecular weight is 232 g/mol. The second kappa shape index (κ2) is 5.26. The Morgan fingerprint density at radius 2 is 2.19 bits per heavy atom. The van der Waals surface area contributed by atoms with E-state index in [1.807, 2.05) is 0 Å². The smallest absolute Gasteiger partial charge is 0.387 e. The largest absolute Gasteiger partial charge is 0.465 e. The fraction of sp³-hybridized carbons (Fsp3) is 0.222. The Bertz CT molecular complexity index is 385. The lowest BCUT2D eigenvalue weighted by Gasteiger charge is -2.13. The first-order valence-electron chi connectivity index (χ1n) is 4.23. The summed E-state index contributed by atoms with van der Waals surface area (Å²) >= 11 is 0. The molecule has 0 bridgehead atoms. The minimum Gasteiger partial charge on any atom is -0.465 e. The number of carbonyl (C=O) groups is 1. The van der Waals surface area contributed by atoms with Gasteiger partial charge in [0.1, 0.15) is 5.56 Å². The maximum absolute atomic E-state index is 12.1. The molecule has 0 amide bonds. The van der Waals surface area contributed by atoms with Gasteiger partial charge in [-0.15, -0.1) is 0 Å². The molecular formula is C9H10F2N2O3. The molecule has 0 heterocycles. The standard InChI is InChI=1S/C9H10F2N2O3/c1-15-8(14)5-3-2-4-6(13-12)7(5)16-9(10)11/h2-4,9,13H,12H2,1H3. The van der Waals surface area contributed by atoms with Gasteiger partial charge in [-0.1, -0.05) is 6.07 Å².